The lowest BCUT2D eigenvalue weighted by Crippen LogP contribution is -2.53. The van der Waals surface area contributed by atoms with Gasteiger partial charge in [0.15, 0.2) is 0 Å². The van der Waals surface area contributed by atoms with Crippen molar-refractivity contribution in [2.24, 2.45) is 5.73 Å². The average Bonchev–Trinajstić information content (AvgIpc) is 3.23. The van der Waals surface area contributed by atoms with E-state index in [1.165, 1.54) is 28.5 Å². The Bertz CT molecular complexity index is 1200. The van der Waals surface area contributed by atoms with Crippen LogP contribution in [-0.2, 0) is 17.5 Å². The molecule has 0 unspecified atom stereocenters. The van der Waals surface area contributed by atoms with Crippen LogP contribution in [0.4, 0.5) is 18.9 Å². The van der Waals surface area contributed by atoms with E-state index in [0.29, 0.717) is 51.4 Å². The lowest BCUT2D eigenvalue weighted by atomic mass is 10.0. The van der Waals surface area contributed by atoms with Crippen molar-refractivity contribution >= 4 is 22.4 Å². The fourth-order valence-electron chi connectivity index (χ4n) is 5.29. The third kappa shape index (κ3) is 4.99. The van der Waals surface area contributed by atoms with E-state index >= 15 is 0 Å². The molecule has 0 bridgehead atoms. The number of anilines is 1. The number of piperazine rings is 1. The molecule has 2 atom stereocenters. The highest BCUT2D eigenvalue weighted by Crippen LogP contribution is 2.32. The lowest BCUT2D eigenvalue weighted by Gasteiger charge is -2.38. The fourth-order valence-corrected chi connectivity index (χ4v) is 5.29. The second-order valence-electron chi connectivity index (χ2n) is 9.44. The summed E-state index contributed by atoms with van der Waals surface area (Å²) in [5, 5.41) is 2.35. The van der Waals surface area contributed by atoms with Gasteiger partial charge in [-0.05, 0) is 41.0 Å². The summed E-state index contributed by atoms with van der Waals surface area (Å²) in [6.07, 6.45) is -3.76. The predicted octanol–water partition coefficient (Wildman–Crippen LogP) is 4.11. The smallest absolute Gasteiger partial charge is 0.368 e. The lowest BCUT2D eigenvalue weighted by molar-refractivity contribution is -0.137. The molecule has 5 nitrogen and oxygen atoms in total. The maximum absolute atomic E-state index is 13.5. The van der Waals surface area contributed by atoms with E-state index in [1.807, 2.05) is 28.0 Å². The van der Waals surface area contributed by atoms with Crippen molar-refractivity contribution in [3.05, 3.63) is 77.9 Å². The van der Waals surface area contributed by atoms with Gasteiger partial charge in [0.1, 0.15) is 0 Å². The number of carbonyl (C=O) groups excluding carboxylic acids is 1. The molecule has 3 aromatic carbocycles. The summed E-state index contributed by atoms with van der Waals surface area (Å²) in [6, 6.07) is 19.5. The topological polar surface area (TPSA) is 52.8 Å². The van der Waals surface area contributed by atoms with Gasteiger partial charge in [0.05, 0.1) is 11.6 Å². The van der Waals surface area contributed by atoms with E-state index in [2.05, 4.69) is 29.2 Å². The highest BCUT2D eigenvalue weighted by molar-refractivity contribution is 5.86. The molecule has 0 spiro atoms. The van der Waals surface area contributed by atoms with Gasteiger partial charge in [-0.3, -0.25) is 9.69 Å². The van der Waals surface area contributed by atoms with E-state index < -0.39 is 11.7 Å². The normalized spacial score (nSPS) is 21.6. The molecule has 2 aliphatic rings. The number of halogens is 3. The number of likely N-dealkylation sites (tertiary alicyclic amines) is 1. The molecule has 0 aromatic heterocycles. The van der Waals surface area contributed by atoms with Gasteiger partial charge in [-0.15, -0.1) is 0 Å². The number of alkyl halides is 3. The molecule has 1 amide bonds. The number of fused-ring (bicyclic) bond motifs is 1. The van der Waals surface area contributed by atoms with Gasteiger partial charge in [-0.2, -0.15) is 13.2 Å². The summed E-state index contributed by atoms with van der Waals surface area (Å²) in [5.74, 6) is 0.0573. The highest BCUT2D eigenvalue weighted by atomic mass is 19.4. The van der Waals surface area contributed by atoms with Crippen LogP contribution in [0.25, 0.3) is 10.8 Å². The molecule has 0 aliphatic carbocycles. The van der Waals surface area contributed by atoms with Gasteiger partial charge in [0.25, 0.3) is 0 Å². The van der Waals surface area contributed by atoms with Crippen LogP contribution in [0.5, 0.6) is 0 Å². The summed E-state index contributed by atoms with van der Waals surface area (Å²) in [6.45, 7) is 3.25. The molecule has 3 aromatic rings. The number of hydrogen-bond acceptors (Lipinski definition) is 4. The van der Waals surface area contributed by atoms with Crippen molar-refractivity contribution in [3.8, 4) is 0 Å². The Labute approximate surface area is 202 Å². The molecule has 8 heteroatoms. The van der Waals surface area contributed by atoms with E-state index in [-0.39, 0.29) is 18.0 Å². The Morgan fingerprint density at radius 1 is 0.943 bits per heavy atom. The average molecular weight is 483 g/mol. The first-order valence-corrected chi connectivity index (χ1v) is 12.0. The summed E-state index contributed by atoms with van der Waals surface area (Å²) >= 11 is 0. The maximum Gasteiger partial charge on any atom is 0.416 e. The second kappa shape index (κ2) is 9.51. The van der Waals surface area contributed by atoms with Crippen molar-refractivity contribution in [1.82, 2.24) is 9.80 Å². The number of nitrogens with two attached hydrogens (primary N) is 1. The molecule has 2 fully saturated rings. The Kier molecular flexibility index (Phi) is 6.42. The molecule has 184 valence electrons. The van der Waals surface area contributed by atoms with Gasteiger partial charge in [-0.25, -0.2) is 0 Å². The summed E-state index contributed by atoms with van der Waals surface area (Å²) in [4.78, 5) is 19.4. The summed E-state index contributed by atoms with van der Waals surface area (Å²) < 4.78 is 39.3. The first-order chi connectivity index (χ1) is 16.8. The molecule has 2 heterocycles. The van der Waals surface area contributed by atoms with Gasteiger partial charge in [0.2, 0.25) is 5.91 Å². The van der Waals surface area contributed by atoms with Gasteiger partial charge in [0, 0.05) is 51.0 Å². The quantitative estimate of drug-likeness (QED) is 0.608. The highest BCUT2D eigenvalue weighted by Gasteiger charge is 2.38. The third-order valence-electron chi connectivity index (χ3n) is 7.10. The number of hydrogen-bond donors (Lipinski definition) is 1. The minimum absolute atomic E-state index is 0.0573. The number of carbonyl (C=O) groups is 1. The van der Waals surface area contributed by atoms with E-state index in [1.54, 1.807) is 6.07 Å². The molecular formula is C27H29F3N4O. The van der Waals surface area contributed by atoms with E-state index in [9.17, 15) is 18.0 Å². The minimum Gasteiger partial charge on any atom is -0.368 e. The number of amides is 1. The summed E-state index contributed by atoms with van der Waals surface area (Å²) in [5.41, 5.74) is 7.33. The molecule has 0 radical (unpaired) electrons. The number of nitrogens with zero attached hydrogens (tertiary/aromatic N) is 3. The monoisotopic (exact) mass is 482 g/mol. The van der Waals surface area contributed by atoms with Crippen molar-refractivity contribution in [2.75, 3.05) is 37.6 Å². The molecule has 35 heavy (non-hydrogen) atoms. The van der Waals surface area contributed by atoms with E-state index in [0.717, 1.165) is 6.07 Å². The summed E-state index contributed by atoms with van der Waals surface area (Å²) in [7, 11) is 0. The van der Waals surface area contributed by atoms with Crippen LogP contribution in [0.3, 0.4) is 0 Å². The van der Waals surface area contributed by atoms with Crippen molar-refractivity contribution in [3.63, 3.8) is 0 Å². The largest absolute Gasteiger partial charge is 0.416 e. The molecule has 2 aliphatic heterocycles. The van der Waals surface area contributed by atoms with Crippen molar-refractivity contribution in [2.45, 2.75) is 31.2 Å². The van der Waals surface area contributed by atoms with Crippen LogP contribution in [0.1, 0.15) is 17.5 Å². The first kappa shape index (κ1) is 23.6. The van der Waals surface area contributed by atoms with Crippen LogP contribution >= 0.6 is 0 Å². The van der Waals surface area contributed by atoms with Crippen LogP contribution in [0.15, 0.2) is 66.7 Å². The maximum atomic E-state index is 13.5. The Morgan fingerprint density at radius 3 is 2.43 bits per heavy atom. The number of rotatable bonds is 4. The molecule has 2 N–H and O–H groups in total. The second-order valence-corrected chi connectivity index (χ2v) is 9.44. The SMILES string of the molecule is N[C@H]1C[C@@H](C(=O)N2CCN(c3cccc(C(F)(F)F)c3)CC2)N(Cc2cccc3ccccc23)C1. The molecule has 2 saturated heterocycles. The zero-order valence-corrected chi connectivity index (χ0v) is 19.4. The van der Waals surface area contributed by atoms with Crippen molar-refractivity contribution < 1.29 is 18.0 Å². The van der Waals surface area contributed by atoms with E-state index in [4.69, 9.17) is 5.73 Å². The van der Waals surface area contributed by atoms with Gasteiger partial charge in [-0.1, -0.05) is 48.5 Å². The Balaban J connectivity index is 1.26. The molecular weight excluding hydrogens is 453 g/mol. The third-order valence-corrected chi connectivity index (χ3v) is 7.10. The van der Waals surface area contributed by atoms with Gasteiger partial charge >= 0.3 is 6.18 Å². The Morgan fingerprint density at radius 2 is 1.66 bits per heavy atom. The van der Waals surface area contributed by atoms with Crippen LogP contribution < -0.4 is 10.6 Å². The van der Waals surface area contributed by atoms with Crippen LogP contribution in [0, 0.1) is 0 Å². The number of benzene rings is 3. The standard InChI is InChI=1S/C27H29F3N4O/c28-27(29,30)21-8-4-9-23(15-21)32-11-13-33(14-12-32)26(35)25-16-22(31)18-34(25)17-20-7-3-6-19-5-1-2-10-24(19)20/h1-10,15,22,25H,11-14,16-18,31H2/t22-,25-/m0/s1. The zero-order chi connectivity index (χ0) is 24.6. The minimum atomic E-state index is -4.37. The van der Waals surface area contributed by atoms with Gasteiger partial charge < -0.3 is 15.5 Å². The van der Waals surface area contributed by atoms with Crippen molar-refractivity contribution in [1.29, 1.82) is 0 Å². The first-order valence-electron chi connectivity index (χ1n) is 12.0. The van der Waals surface area contributed by atoms with Crippen LogP contribution in [0.2, 0.25) is 0 Å². The fraction of sp³-hybridized carbons (Fsp3) is 0.370. The zero-order valence-electron chi connectivity index (χ0n) is 19.4. The van der Waals surface area contributed by atoms with Crippen LogP contribution in [-0.4, -0.2) is 60.5 Å². The Hall–Kier alpha value is -3.10. The molecule has 5 rings (SSSR count). The predicted molar refractivity (Wildman–Crippen MR) is 131 cm³/mol. The molecule has 0 saturated carbocycles.